The Bertz CT molecular complexity index is 509. The van der Waals surface area contributed by atoms with Gasteiger partial charge in [-0.1, -0.05) is 37.3 Å². The fraction of sp³-hybridized carbons (Fsp3) is 0.632. The molecular weight excluding hydrogens is 427 g/mol. The van der Waals surface area contributed by atoms with Gasteiger partial charge >= 0.3 is 0 Å². The molecule has 1 aliphatic heterocycles. The number of benzene rings is 1. The van der Waals surface area contributed by atoms with E-state index in [1.807, 2.05) is 25.1 Å². The van der Waals surface area contributed by atoms with Crippen molar-refractivity contribution < 1.29 is 5.11 Å². The highest BCUT2D eigenvalue weighted by atomic mass is 127. The predicted octanol–water partition coefficient (Wildman–Crippen LogP) is 2.55. The molecule has 1 fully saturated rings. The van der Waals surface area contributed by atoms with Crippen LogP contribution in [0.5, 0.6) is 0 Å². The van der Waals surface area contributed by atoms with Gasteiger partial charge in [-0.25, -0.2) is 0 Å². The summed E-state index contributed by atoms with van der Waals surface area (Å²) >= 11 is 0. The summed E-state index contributed by atoms with van der Waals surface area (Å²) in [7, 11) is 0. The van der Waals surface area contributed by atoms with Crippen molar-refractivity contribution in [2.45, 2.75) is 51.2 Å². The molecule has 0 aromatic heterocycles. The number of aliphatic imine (C=N–C) groups is 1. The molecule has 2 rings (SSSR count). The Morgan fingerprint density at radius 2 is 2.12 bits per heavy atom. The maximum Gasteiger partial charge on any atom is 0.188 e. The molecule has 0 saturated carbocycles. The summed E-state index contributed by atoms with van der Waals surface area (Å²) in [6.45, 7) is 7.75. The Labute approximate surface area is 169 Å². The van der Waals surface area contributed by atoms with Crippen molar-refractivity contribution in [1.29, 1.82) is 0 Å². The van der Waals surface area contributed by atoms with Crippen molar-refractivity contribution in [2.24, 2.45) is 10.7 Å². The van der Waals surface area contributed by atoms with Crippen LogP contribution in [0.3, 0.4) is 0 Å². The molecule has 0 radical (unpaired) electrons. The van der Waals surface area contributed by atoms with E-state index in [1.54, 1.807) is 0 Å². The summed E-state index contributed by atoms with van der Waals surface area (Å²) < 4.78 is 0. The van der Waals surface area contributed by atoms with Gasteiger partial charge in [0, 0.05) is 25.0 Å². The van der Waals surface area contributed by atoms with Crippen molar-refractivity contribution in [3.63, 3.8) is 0 Å². The molecule has 0 amide bonds. The fourth-order valence-corrected chi connectivity index (χ4v) is 3.48. The maximum atomic E-state index is 9.75. The van der Waals surface area contributed by atoms with E-state index in [0.717, 1.165) is 13.1 Å². The number of hydrogen-bond donors (Lipinski definition) is 3. The highest BCUT2D eigenvalue weighted by Crippen LogP contribution is 2.21. The summed E-state index contributed by atoms with van der Waals surface area (Å²) in [5.74, 6) is 0.689. The molecule has 4 N–H and O–H groups in total. The van der Waals surface area contributed by atoms with Gasteiger partial charge in [-0.2, -0.15) is 0 Å². The second-order valence-electron chi connectivity index (χ2n) is 6.72. The van der Waals surface area contributed by atoms with E-state index in [1.165, 1.54) is 24.9 Å². The first-order valence-corrected chi connectivity index (χ1v) is 9.11. The molecule has 1 aliphatic rings. The molecular formula is C19H33IN4O. The summed E-state index contributed by atoms with van der Waals surface area (Å²) in [5, 5.41) is 13.0. The highest BCUT2D eigenvalue weighted by molar-refractivity contribution is 14.0. The molecule has 0 bridgehead atoms. The first kappa shape index (κ1) is 22.2. The largest absolute Gasteiger partial charge is 0.393 e. The minimum atomic E-state index is -0.351. The molecule has 5 nitrogen and oxygen atoms in total. The van der Waals surface area contributed by atoms with E-state index in [9.17, 15) is 5.11 Å². The van der Waals surface area contributed by atoms with Crippen LogP contribution >= 0.6 is 24.0 Å². The molecule has 6 heteroatoms. The van der Waals surface area contributed by atoms with Crippen molar-refractivity contribution in [3.05, 3.63) is 35.9 Å². The Kier molecular flexibility index (Phi) is 10.4. The molecule has 0 spiro atoms. The number of aliphatic hydroxyl groups is 1. The Morgan fingerprint density at radius 3 is 2.76 bits per heavy atom. The summed E-state index contributed by atoms with van der Waals surface area (Å²) in [6, 6.07) is 10.8. The first-order chi connectivity index (χ1) is 11.6. The fourth-order valence-electron chi connectivity index (χ4n) is 3.48. The van der Waals surface area contributed by atoms with Crippen LogP contribution in [-0.2, 0) is 0 Å². The molecule has 3 atom stereocenters. The number of nitrogens with two attached hydrogens (primary N) is 1. The lowest BCUT2D eigenvalue weighted by Crippen LogP contribution is -2.42. The zero-order chi connectivity index (χ0) is 17.4. The normalized spacial score (nSPS) is 20.8. The van der Waals surface area contributed by atoms with Gasteiger partial charge in [0.1, 0.15) is 0 Å². The number of rotatable bonds is 8. The van der Waals surface area contributed by atoms with E-state index in [4.69, 9.17) is 5.73 Å². The molecule has 0 aliphatic carbocycles. The minimum Gasteiger partial charge on any atom is -0.393 e. The zero-order valence-corrected chi connectivity index (χ0v) is 17.7. The van der Waals surface area contributed by atoms with Gasteiger partial charge in [0.2, 0.25) is 0 Å². The van der Waals surface area contributed by atoms with Crippen LogP contribution in [0.25, 0.3) is 0 Å². The third-order valence-electron chi connectivity index (χ3n) is 4.80. The molecule has 1 heterocycles. The average molecular weight is 460 g/mol. The monoisotopic (exact) mass is 460 g/mol. The lowest BCUT2D eigenvalue weighted by molar-refractivity contribution is 0.175. The SMILES string of the molecule is CCN1CCCC1CNC(N)=NCC(CC(C)O)c1ccccc1.I. The number of hydrogen-bond acceptors (Lipinski definition) is 3. The van der Waals surface area contributed by atoms with E-state index in [0.29, 0.717) is 25.0 Å². The lowest BCUT2D eigenvalue weighted by atomic mass is 9.93. The number of nitrogens with zero attached hydrogens (tertiary/aromatic N) is 2. The number of aliphatic hydroxyl groups excluding tert-OH is 1. The van der Waals surface area contributed by atoms with E-state index < -0.39 is 0 Å². The number of guanidine groups is 1. The van der Waals surface area contributed by atoms with Crippen molar-refractivity contribution in [1.82, 2.24) is 10.2 Å². The summed E-state index contributed by atoms with van der Waals surface area (Å²) in [5.41, 5.74) is 7.25. The second-order valence-corrected chi connectivity index (χ2v) is 6.72. The third kappa shape index (κ3) is 7.50. The highest BCUT2D eigenvalue weighted by Gasteiger charge is 2.22. The Hall–Kier alpha value is -0.860. The molecule has 1 aromatic rings. The van der Waals surface area contributed by atoms with Gasteiger partial charge in [-0.05, 0) is 44.8 Å². The van der Waals surface area contributed by atoms with Crippen LogP contribution in [-0.4, -0.2) is 54.3 Å². The van der Waals surface area contributed by atoms with Crippen LogP contribution in [0.1, 0.15) is 44.6 Å². The molecule has 25 heavy (non-hydrogen) atoms. The number of halogens is 1. The Morgan fingerprint density at radius 1 is 1.40 bits per heavy atom. The van der Waals surface area contributed by atoms with Crippen LogP contribution in [0, 0.1) is 0 Å². The summed E-state index contributed by atoms with van der Waals surface area (Å²) in [4.78, 5) is 7.01. The van der Waals surface area contributed by atoms with Gasteiger partial charge in [-0.15, -0.1) is 24.0 Å². The van der Waals surface area contributed by atoms with Gasteiger partial charge < -0.3 is 16.2 Å². The van der Waals surface area contributed by atoms with E-state index >= 15 is 0 Å². The summed E-state index contributed by atoms with van der Waals surface area (Å²) in [6.07, 6.45) is 2.83. The van der Waals surface area contributed by atoms with Gasteiger partial charge in [0.15, 0.2) is 5.96 Å². The number of nitrogens with one attached hydrogen (secondary N) is 1. The lowest BCUT2D eigenvalue weighted by Gasteiger charge is -2.23. The van der Waals surface area contributed by atoms with Crippen molar-refractivity contribution >= 4 is 29.9 Å². The number of likely N-dealkylation sites (tertiary alicyclic amines) is 1. The maximum absolute atomic E-state index is 9.75. The molecule has 1 saturated heterocycles. The van der Waals surface area contributed by atoms with Gasteiger partial charge in [-0.3, -0.25) is 9.89 Å². The molecule has 3 unspecified atom stereocenters. The zero-order valence-electron chi connectivity index (χ0n) is 15.4. The average Bonchev–Trinajstić information content (AvgIpc) is 3.04. The van der Waals surface area contributed by atoms with Crippen LogP contribution in [0.2, 0.25) is 0 Å². The molecule has 142 valence electrons. The van der Waals surface area contributed by atoms with Crippen LogP contribution in [0.15, 0.2) is 35.3 Å². The number of likely N-dealkylation sites (N-methyl/N-ethyl adjacent to an activating group) is 1. The second kappa shape index (κ2) is 11.7. The molecule has 1 aromatic carbocycles. The topological polar surface area (TPSA) is 73.9 Å². The smallest absolute Gasteiger partial charge is 0.188 e. The van der Waals surface area contributed by atoms with E-state index in [-0.39, 0.29) is 36.0 Å². The van der Waals surface area contributed by atoms with E-state index in [2.05, 4.69) is 34.3 Å². The van der Waals surface area contributed by atoms with Crippen LogP contribution < -0.4 is 11.1 Å². The Balaban J connectivity index is 0.00000312. The first-order valence-electron chi connectivity index (χ1n) is 9.11. The van der Waals surface area contributed by atoms with Crippen molar-refractivity contribution in [2.75, 3.05) is 26.2 Å². The standard InChI is InChI=1S/C19H32N4O.HI/c1-3-23-11-7-10-18(23)14-22-19(20)21-13-17(12-15(2)24)16-8-5-4-6-9-16;/h4-6,8-9,15,17-18,24H,3,7,10-14H2,1-2H3,(H3,20,21,22);1H. The van der Waals surface area contributed by atoms with Crippen LogP contribution in [0.4, 0.5) is 0 Å². The minimum absolute atomic E-state index is 0. The predicted molar refractivity (Wildman–Crippen MR) is 116 cm³/mol. The quantitative estimate of drug-likeness (QED) is 0.317. The van der Waals surface area contributed by atoms with Gasteiger partial charge in [0.25, 0.3) is 0 Å². The van der Waals surface area contributed by atoms with Crippen molar-refractivity contribution in [3.8, 4) is 0 Å². The third-order valence-corrected chi connectivity index (χ3v) is 4.80. The van der Waals surface area contributed by atoms with Gasteiger partial charge in [0.05, 0.1) is 6.10 Å².